The first-order valence-corrected chi connectivity index (χ1v) is 7.52. The summed E-state index contributed by atoms with van der Waals surface area (Å²) in [7, 11) is 1.57. The summed E-state index contributed by atoms with van der Waals surface area (Å²) >= 11 is 2.26. The lowest BCUT2D eigenvalue weighted by Gasteiger charge is -2.18. The predicted octanol–water partition coefficient (Wildman–Crippen LogP) is 4.17. The maximum absolute atomic E-state index is 11.1. The highest BCUT2D eigenvalue weighted by atomic mass is 127. The summed E-state index contributed by atoms with van der Waals surface area (Å²) in [6.45, 7) is 2.02. The first-order valence-electron chi connectivity index (χ1n) is 6.44. The molecule has 0 aliphatic heterocycles. The van der Waals surface area contributed by atoms with Gasteiger partial charge in [-0.15, -0.1) is 0 Å². The van der Waals surface area contributed by atoms with Gasteiger partial charge in [-0.3, -0.25) is 0 Å². The van der Waals surface area contributed by atoms with Crippen molar-refractivity contribution >= 4 is 34.2 Å². The number of methoxy groups -OCH3 is 1. The Balaban J connectivity index is 2.26. The molecule has 0 bridgehead atoms. The predicted molar refractivity (Wildman–Crippen MR) is 91.2 cm³/mol. The highest BCUT2D eigenvalue weighted by Crippen LogP contribution is 2.29. The van der Waals surface area contributed by atoms with Gasteiger partial charge < -0.3 is 15.2 Å². The van der Waals surface area contributed by atoms with Gasteiger partial charge >= 0.3 is 5.97 Å². The van der Waals surface area contributed by atoms with Gasteiger partial charge in [-0.1, -0.05) is 12.1 Å². The van der Waals surface area contributed by atoms with Gasteiger partial charge in [-0.25, -0.2) is 4.79 Å². The lowest BCUT2D eigenvalue weighted by molar-refractivity contribution is 0.0697. The SMILES string of the molecule is COc1ccc(C(=O)O)cc1NC(C)c1ccc(I)cc1. The van der Waals surface area contributed by atoms with Crippen LogP contribution in [0.15, 0.2) is 42.5 Å². The molecule has 2 aromatic rings. The van der Waals surface area contributed by atoms with Gasteiger partial charge in [0.15, 0.2) is 0 Å². The minimum absolute atomic E-state index is 0.0416. The number of halogens is 1. The maximum Gasteiger partial charge on any atom is 0.335 e. The van der Waals surface area contributed by atoms with E-state index in [1.54, 1.807) is 19.2 Å². The Morgan fingerprint density at radius 3 is 2.48 bits per heavy atom. The Labute approximate surface area is 137 Å². The van der Waals surface area contributed by atoms with Crippen molar-refractivity contribution in [3.63, 3.8) is 0 Å². The Bertz CT molecular complexity index is 640. The molecule has 0 aromatic heterocycles. The third kappa shape index (κ3) is 3.87. The van der Waals surface area contributed by atoms with Crippen molar-refractivity contribution in [3.05, 3.63) is 57.2 Å². The van der Waals surface area contributed by atoms with E-state index >= 15 is 0 Å². The highest BCUT2D eigenvalue weighted by molar-refractivity contribution is 14.1. The molecule has 0 fully saturated rings. The van der Waals surface area contributed by atoms with Gasteiger partial charge in [0.1, 0.15) is 5.75 Å². The molecule has 2 rings (SSSR count). The number of nitrogens with one attached hydrogen (secondary N) is 1. The van der Waals surface area contributed by atoms with E-state index in [1.165, 1.54) is 9.64 Å². The summed E-state index contributed by atoms with van der Waals surface area (Å²) < 4.78 is 6.45. The summed E-state index contributed by atoms with van der Waals surface area (Å²) in [5.41, 5.74) is 2.02. The number of anilines is 1. The van der Waals surface area contributed by atoms with E-state index in [0.29, 0.717) is 11.4 Å². The summed E-state index contributed by atoms with van der Waals surface area (Å²) in [4.78, 5) is 11.1. The third-order valence-electron chi connectivity index (χ3n) is 3.19. The van der Waals surface area contributed by atoms with Crippen LogP contribution >= 0.6 is 22.6 Å². The van der Waals surface area contributed by atoms with Gasteiger partial charge in [-0.05, 0) is 65.4 Å². The molecule has 2 aromatic carbocycles. The second kappa shape index (κ2) is 6.80. The van der Waals surface area contributed by atoms with E-state index < -0.39 is 5.97 Å². The molecule has 0 aliphatic rings. The zero-order chi connectivity index (χ0) is 15.4. The molecule has 1 atom stereocenters. The normalized spacial score (nSPS) is 11.8. The number of aromatic carboxylic acids is 1. The van der Waals surface area contributed by atoms with Gasteiger partial charge in [0.2, 0.25) is 0 Å². The number of carboxylic acid groups (broad SMARTS) is 1. The molecule has 0 amide bonds. The zero-order valence-corrected chi connectivity index (χ0v) is 13.9. The number of ether oxygens (including phenoxy) is 1. The molecule has 5 heteroatoms. The average Bonchev–Trinajstić information content (AvgIpc) is 2.47. The summed E-state index contributed by atoms with van der Waals surface area (Å²) in [5, 5.41) is 12.4. The van der Waals surface area contributed by atoms with Crippen molar-refractivity contribution in [2.45, 2.75) is 13.0 Å². The molecule has 2 N–H and O–H groups in total. The van der Waals surface area contributed by atoms with Crippen LogP contribution in [0.4, 0.5) is 5.69 Å². The molecular formula is C16H16INO3. The van der Waals surface area contributed by atoms with Crippen LogP contribution in [0.2, 0.25) is 0 Å². The lowest BCUT2D eigenvalue weighted by atomic mass is 10.1. The Morgan fingerprint density at radius 1 is 1.24 bits per heavy atom. The van der Waals surface area contributed by atoms with Gasteiger partial charge in [0.05, 0.1) is 18.4 Å². The molecule has 4 nitrogen and oxygen atoms in total. The van der Waals surface area contributed by atoms with E-state index in [1.807, 2.05) is 31.2 Å². The number of hydrogen-bond acceptors (Lipinski definition) is 3. The van der Waals surface area contributed by atoms with Crippen LogP contribution in [-0.2, 0) is 0 Å². The van der Waals surface area contributed by atoms with Crippen LogP contribution < -0.4 is 10.1 Å². The largest absolute Gasteiger partial charge is 0.495 e. The number of rotatable bonds is 5. The van der Waals surface area contributed by atoms with Crippen LogP contribution in [0.5, 0.6) is 5.75 Å². The van der Waals surface area contributed by atoms with Crippen LogP contribution in [0, 0.1) is 3.57 Å². The van der Waals surface area contributed by atoms with Crippen molar-refractivity contribution in [1.29, 1.82) is 0 Å². The fraction of sp³-hybridized carbons (Fsp3) is 0.188. The molecule has 0 saturated carbocycles. The number of hydrogen-bond donors (Lipinski definition) is 2. The van der Waals surface area contributed by atoms with Crippen molar-refractivity contribution in [1.82, 2.24) is 0 Å². The van der Waals surface area contributed by atoms with Crippen molar-refractivity contribution in [3.8, 4) is 5.75 Å². The molecule has 0 saturated heterocycles. The number of benzene rings is 2. The second-order valence-electron chi connectivity index (χ2n) is 4.64. The third-order valence-corrected chi connectivity index (χ3v) is 3.91. The Morgan fingerprint density at radius 2 is 1.90 bits per heavy atom. The first-order chi connectivity index (χ1) is 10.0. The van der Waals surface area contributed by atoms with Gasteiger partial charge in [-0.2, -0.15) is 0 Å². The fourth-order valence-electron chi connectivity index (χ4n) is 2.02. The molecule has 21 heavy (non-hydrogen) atoms. The van der Waals surface area contributed by atoms with Crippen LogP contribution in [0.1, 0.15) is 28.9 Å². The lowest BCUT2D eigenvalue weighted by Crippen LogP contribution is -2.09. The summed E-state index contributed by atoms with van der Waals surface area (Å²) in [6.07, 6.45) is 0. The average molecular weight is 397 g/mol. The smallest absolute Gasteiger partial charge is 0.335 e. The molecule has 0 radical (unpaired) electrons. The van der Waals surface area contributed by atoms with Crippen LogP contribution in [-0.4, -0.2) is 18.2 Å². The molecule has 1 unspecified atom stereocenters. The van der Waals surface area contributed by atoms with Crippen LogP contribution in [0.25, 0.3) is 0 Å². The van der Waals surface area contributed by atoms with Gasteiger partial charge in [0, 0.05) is 9.61 Å². The van der Waals surface area contributed by atoms with E-state index in [2.05, 4.69) is 27.9 Å². The molecule has 0 spiro atoms. The van der Waals surface area contributed by atoms with E-state index in [9.17, 15) is 4.79 Å². The first kappa shape index (κ1) is 15.6. The van der Waals surface area contributed by atoms with E-state index in [-0.39, 0.29) is 11.6 Å². The van der Waals surface area contributed by atoms with E-state index in [4.69, 9.17) is 9.84 Å². The maximum atomic E-state index is 11.1. The summed E-state index contributed by atoms with van der Waals surface area (Å²) in [5.74, 6) is -0.333. The van der Waals surface area contributed by atoms with Crippen molar-refractivity contribution in [2.75, 3.05) is 12.4 Å². The standard InChI is InChI=1S/C16H16INO3/c1-10(11-3-6-13(17)7-4-11)18-14-9-12(16(19)20)5-8-15(14)21-2/h3-10,18H,1-2H3,(H,19,20). The minimum atomic E-state index is -0.956. The minimum Gasteiger partial charge on any atom is -0.495 e. The monoisotopic (exact) mass is 397 g/mol. The Kier molecular flexibility index (Phi) is 5.06. The fourth-order valence-corrected chi connectivity index (χ4v) is 2.38. The zero-order valence-electron chi connectivity index (χ0n) is 11.8. The quantitative estimate of drug-likeness (QED) is 0.744. The molecular weight excluding hydrogens is 381 g/mol. The van der Waals surface area contributed by atoms with E-state index in [0.717, 1.165) is 5.56 Å². The van der Waals surface area contributed by atoms with Crippen LogP contribution in [0.3, 0.4) is 0 Å². The number of carbonyl (C=O) groups is 1. The van der Waals surface area contributed by atoms with Gasteiger partial charge in [0.25, 0.3) is 0 Å². The molecule has 110 valence electrons. The van der Waals surface area contributed by atoms with Crippen molar-refractivity contribution < 1.29 is 14.6 Å². The van der Waals surface area contributed by atoms with Crippen molar-refractivity contribution in [2.24, 2.45) is 0 Å². The topological polar surface area (TPSA) is 58.6 Å². The molecule has 0 heterocycles. The molecule has 0 aliphatic carbocycles. The second-order valence-corrected chi connectivity index (χ2v) is 5.88. The Hall–Kier alpha value is -1.76. The summed E-state index contributed by atoms with van der Waals surface area (Å²) in [6, 6.07) is 13.0. The highest BCUT2D eigenvalue weighted by Gasteiger charge is 2.12. The number of carboxylic acids is 1.